The molecule has 0 N–H and O–H groups in total. The Morgan fingerprint density at radius 3 is 3.12 bits per heavy atom. The molecule has 0 radical (unpaired) electrons. The van der Waals surface area contributed by atoms with Gasteiger partial charge in [0, 0.05) is 26.7 Å². The first-order valence-corrected chi connectivity index (χ1v) is 5.42. The molecule has 16 heavy (non-hydrogen) atoms. The molecule has 1 aliphatic heterocycles. The SMILES string of the molecule is Cc1cc(CN2CCOC(C#N)C2)n(C)n1. The lowest BCUT2D eigenvalue weighted by atomic mass is 10.2. The van der Waals surface area contributed by atoms with Gasteiger partial charge in [-0.15, -0.1) is 0 Å². The van der Waals surface area contributed by atoms with Gasteiger partial charge in [0.2, 0.25) is 0 Å². The van der Waals surface area contributed by atoms with Crippen LogP contribution in [0.25, 0.3) is 0 Å². The molecule has 0 bridgehead atoms. The zero-order chi connectivity index (χ0) is 11.5. The van der Waals surface area contributed by atoms with Crippen LogP contribution in [0.15, 0.2) is 6.07 Å². The van der Waals surface area contributed by atoms with E-state index in [4.69, 9.17) is 10.00 Å². The normalized spacial score (nSPS) is 21.9. The van der Waals surface area contributed by atoms with Crippen molar-refractivity contribution in [3.63, 3.8) is 0 Å². The fourth-order valence-electron chi connectivity index (χ4n) is 1.97. The predicted octanol–water partition coefficient (Wildman–Crippen LogP) is 0.453. The molecule has 1 saturated heterocycles. The molecule has 2 heterocycles. The number of nitrogens with zero attached hydrogens (tertiary/aromatic N) is 4. The zero-order valence-electron chi connectivity index (χ0n) is 9.68. The fraction of sp³-hybridized carbons (Fsp3) is 0.636. The van der Waals surface area contributed by atoms with Gasteiger partial charge in [-0.05, 0) is 13.0 Å². The summed E-state index contributed by atoms with van der Waals surface area (Å²) in [7, 11) is 1.95. The maximum Gasteiger partial charge on any atom is 0.156 e. The number of ether oxygens (including phenoxy) is 1. The van der Waals surface area contributed by atoms with Crippen LogP contribution in [0.5, 0.6) is 0 Å². The van der Waals surface area contributed by atoms with Gasteiger partial charge in [-0.1, -0.05) is 0 Å². The second-order valence-corrected chi connectivity index (χ2v) is 4.12. The van der Waals surface area contributed by atoms with E-state index in [9.17, 15) is 0 Å². The van der Waals surface area contributed by atoms with Gasteiger partial charge in [-0.3, -0.25) is 9.58 Å². The molecule has 5 heteroatoms. The Kier molecular flexibility index (Phi) is 3.22. The molecule has 1 fully saturated rings. The van der Waals surface area contributed by atoms with Gasteiger partial charge >= 0.3 is 0 Å². The first-order valence-electron chi connectivity index (χ1n) is 5.42. The third-order valence-corrected chi connectivity index (χ3v) is 2.78. The van der Waals surface area contributed by atoms with E-state index in [1.54, 1.807) is 0 Å². The molecule has 0 aliphatic carbocycles. The highest BCUT2D eigenvalue weighted by Gasteiger charge is 2.20. The average molecular weight is 220 g/mol. The van der Waals surface area contributed by atoms with E-state index in [0.717, 1.165) is 18.8 Å². The number of rotatable bonds is 2. The Labute approximate surface area is 95.2 Å². The smallest absolute Gasteiger partial charge is 0.156 e. The van der Waals surface area contributed by atoms with Gasteiger partial charge in [-0.2, -0.15) is 10.4 Å². The Hall–Kier alpha value is -1.38. The van der Waals surface area contributed by atoms with Gasteiger partial charge < -0.3 is 4.74 Å². The second kappa shape index (κ2) is 4.64. The van der Waals surface area contributed by atoms with Crippen LogP contribution in [-0.2, 0) is 18.3 Å². The number of aryl methyl sites for hydroxylation is 2. The van der Waals surface area contributed by atoms with E-state index in [1.807, 2.05) is 18.7 Å². The van der Waals surface area contributed by atoms with E-state index in [-0.39, 0.29) is 6.10 Å². The summed E-state index contributed by atoms with van der Waals surface area (Å²) in [6.45, 7) is 5.01. The fourth-order valence-corrected chi connectivity index (χ4v) is 1.97. The summed E-state index contributed by atoms with van der Waals surface area (Å²) in [6.07, 6.45) is -0.289. The molecule has 1 aromatic heterocycles. The molecule has 1 unspecified atom stereocenters. The number of hydrogen-bond acceptors (Lipinski definition) is 4. The summed E-state index contributed by atoms with van der Waals surface area (Å²) in [4.78, 5) is 2.23. The standard InChI is InChI=1S/C11H16N4O/c1-9-5-10(14(2)13-9)7-15-3-4-16-11(6-12)8-15/h5,11H,3-4,7-8H2,1-2H3. The van der Waals surface area contributed by atoms with Crippen molar-refractivity contribution in [2.75, 3.05) is 19.7 Å². The van der Waals surface area contributed by atoms with Crippen LogP contribution < -0.4 is 0 Å². The van der Waals surface area contributed by atoms with E-state index < -0.39 is 0 Å². The summed E-state index contributed by atoms with van der Waals surface area (Å²) >= 11 is 0. The first-order chi connectivity index (χ1) is 7.69. The largest absolute Gasteiger partial charge is 0.361 e. The molecular weight excluding hydrogens is 204 g/mol. The van der Waals surface area contributed by atoms with Crippen LogP contribution in [0.4, 0.5) is 0 Å². The van der Waals surface area contributed by atoms with Gasteiger partial charge in [0.25, 0.3) is 0 Å². The van der Waals surface area contributed by atoms with Crippen LogP contribution >= 0.6 is 0 Å². The number of aromatic nitrogens is 2. The summed E-state index contributed by atoms with van der Waals surface area (Å²) < 4.78 is 7.20. The molecule has 1 atom stereocenters. The maximum atomic E-state index is 8.81. The molecule has 1 aliphatic rings. The van der Waals surface area contributed by atoms with Crippen molar-refractivity contribution < 1.29 is 4.74 Å². The summed E-state index contributed by atoms with van der Waals surface area (Å²) in [5.74, 6) is 0. The Morgan fingerprint density at radius 1 is 1.69 bits per heavy atom. The lowest BCUT2D eigenvalue weighted by Crippen LogP contribution is -2.41. The maximum absolute atomic E-state index is 8.81. The van der Waals surface area contributed by atoms with Crippen molar-refractivity contribution in [1.29, 1.82) is 5.26 Å². The van der Waals surface area contributed by atoms with Crippen molar-refractivity contribution in [2.24, 2.45) is 7.05 Å². The van der Waals surface area contributed by atoms with Crippen LogP contribution in [0, 0.1) is 18.3 Å². The Bertz CT molecular complexity index is 407. The highest BCUT2D eigenvalue weighted by Crippen LogP contribution is 2.10. The number of nitriles is 1. The highest BCUT2D eigenvalue weighted by atomic mass is 16.5. The zero-order valence-corrected chi connectivity index (χ0v) is 9.68. The van der Waals surface area contributed by atoms with Crippen molar-refractivity contribution >= 4 is 0 Å². The van der Waals surface area contributed by atoms with E-state index in [1.165, 1.54) is 5.69 Å². The van der Waals surface area contributed by atoms with E-state index in [2.05, 4.69) is 22.1 Å². The molecular formula is C11H16N4O. The van der Waals surface area contributed by atoms with Crippen LogP contribution in [0.1, 0.15) is 11.4 Å². The minimum Gasteiger partial charge on any atom is -0.361 e. The third-order valence-electron chi connectivity index (χ3n) is 2.78. The summed E-state index contributed by atoms with van der Waals surface area (Å²) in [5.41, 5.74) is 2.21. The minimum atomic E-state index is -0.289. The molecule has 0 amide bonds. The predicted molar refractivity (Wildman–Crippen MR) is 58.6 cm³/mol. The Morgan fingerprint density at radius 2 is 2.50 bits per heavy atom. The lowest BCUT2D eigenvalue weighted by Gasteiger charge is -2.29. The number of hydrogen-bond donors (Lipinski definition) is 0. The van der Waals surface area contributed by atoms with E-state index >= 15 is 0 Å². The topological polar surface area (TPSA) is 54.1 Å². The van der Waals surface area contributed by atoms with Crippen LogP contribution in [-0.4, -0.2) is 40.5 Å². The first kappa shape index (κ1) is 11.1. The second-order valence-electron chi connectivity index (χ2n) is 4.12. The average Bonchev–Trinajstić information content (AvgIpc) is 2.58. The molecule has 0 aromatic carbocycles. The molecule has 0 saturated carbocycles. The molecule has 2 rings (SSSR count). The monoisotopic (exact) mass is 220 g/mol. The van der Waals surface area contributed by atoms with Crippen LogP contribution in [0.3, 0.4) is 0 Å². The highest BCUT2D eigenvalue weighted by molar-refractivity contribution is 5.08. The number of morpholine rings is 1. The van der Waals surface area contributed by atoms with E-state index in [0.29, 0.717) is 13.2 Å². The lowest BCUT2D eigenvalue weighted by molar-refractivity contribution is -0.00349. The van der Waals surface area contributed by atoms with Gasteiger partial charge in [0.1, 0.15) is 0 Å². The summed E-state index contributed by atoms with van der Waals surface area (Å²) in [5, 5.41) is 13.1. The van der Waals surface area contributed by atoms with Crippen molar-refractivity contribution in [1.82, 2.24) is 14.7 Å². The molecule has 0 spiro atoms. The van der Waals surface area contributed by atoms with Gasteiger partial charge in [0.05, 0.1) is 24.1 Å². The Balaban J connectivity index is 1.99. The quantitative estimate of drug-likeness (QED) is 0.726. The van der Waals surface area contributed by atoms with Crippen molar-refractivity contribution in [3.8, 4) is 6.07 Å². The molecule has 1 aromatic rings. The van der Waals surface area contributed by atoms with Crippen molar-refractivity contribution in [2.45, 2.75) is 19.6 Å². The van der Waals surface area contributed by atoms with Gasteiger partial charge in [0.15, 0.2) is 6.10 Å². The summed E-state index contributed by atoms with van der Waals surface area (Å²) in [6, 6.07) is 4.23. The minimum absolute atomic E-state index is 0.289. The van der Waals surface area contributed by atoms with Gasteiger partial charge in [-0.25, -0.2) is 0 Å². The molecule has 5 nitrogen and oxygen atoms in total. The third kappa shape index (κ3) is 2.40. The van der Waals surface area contributed by atoms with Crippen molar-refractivity contribution in [3.05, 3.63) is 17.5 Å². The molecule has 86 valence electrons. The van der Waals surface area contributed by atoms with Crippen LogP contribution in [0.2, 0.25) is 0 Å².